The van der Waals surface area contributed by atoms with Crippen molar-refractivity contribution in [1.29, 1.82) is 0 Å². The van der Waals surface area contributed by atoms with Crippen molar-refractivity contribution in [2.45, 2.75) is 20.4 Å². The highest BCUT2D eigenvalue weighted by atomic mass is 35.5. The van der Waals surface area contributed by atoms with Gasteiger partial charge in [-0.2, -0.15) is 0 Å². The van der Waals surface area contributed by atoms with E-state index >= 15 is 0 Å². The molecule has 17 heavy (non-hydrogen) atoms. The van der Waals surface area contributed by atoms with Gasteiger partial charge in [0.1, 0.15) is 5.75 Å². The molecule has 0 fully saturated rings. The van der Waals surface area contributed by atoms with Gasteiger partial charge >= 0.3 is 0 Å². The lowest BCUT2D eigenvalue weighted by molar-refractivity contribution is -0.124. The van der Waals surface area contributed by atoms with E-state index in [2.05, 4.69) is 5.32 Å². The number of carbonyl (C=O) groups excluding carboxylic acids is 1. The second-order valence-corrected chi connectivity index (χ2v) is 4.16. The van der Waals surface area contributed by atoms with E-state index < -0.39 is 0 Å². The molecule has 1 atom stereocenters. The number of rotatable bonds is 6. The summed E-state index contributed by atoms with van der Waals surface area (Å²) in [5.74, 6) is 0.975. The Bertz CT molecular complexity index is 368. The summed E-state index contributed by atoms with van der Waals surface area (Å²) in [6.07, 6.45) is 0. The van der Waals surface area contributed by atoms with Crippen LogP contribution >= 0.6 is 11.6 Å². The SMILES string of the molecule is CCOc1cccc(CNC(=O)C(C)CCl)c1. The van der Waals surface area contributed by atoms with Crippen LogP contribution in [0.1, 0.15) is 19.4 Å². The third-order valence-corrected chi connectivity index (χ3v) is 2.82. The number of alkyl halides is 1. The minimum Gasteiger partial charge on any atom is -0.494 e. The summed E-state index contributed by atoms with van der Waals surface area (Å²) < 4.78 is 5.39. The lowest BCUT2D eigenvalue weighted by Gasteiger charge is -2.10. The lowest BCUT2D eigenvalue weighted by Crippen LogP contribution is -2.29. The predicted octanol–water partition coefficient (Wildman–Crippen LogP) is 2.58. The van der Waals surface area contributed by atoms with Crippen LogP contribution in [0.4, 0.5) is 0 Å². The van der Waals surface area contributed by atoms with Gasteiger partial charge in [-0.1, -0.05) is 19.1 Å². The van der Waals surface area contributed by atoms with Crippen molar-refractivity contribution in [3.05, 3.63) is 29.8 Å². The summed E-state index contributed by atoms with van der Waals surface area (Å²) in [6, 6.07) is 7.69. The van der Waals surface area contributed by atoms with E-state index in [1.807, 2.05) is 31.2 Å². The lowest BCUT2D eigenvalue weighted by atomic mass is 10.2. The fraction of sp³-hybridized carbons (Fsp3) is 0.462. The molecule has 94 valence electrons. The highest BCUT2D eigenvalue weighted by molar-refractivity contribution is 6.19. The molecular weight excluding hydrogens is 238 g/mol. The van der Waals surface area contributed by atoms with E-state index in [1.54, 1.807) is 6.92 Å². The van der Waals surface area contributed by atoms with Gasteiger partial charge in [0.2, 0.25) is 5.91 Å². The van der Waals surface area contributed by atoms with Crippen LogP contribution in [0.3, 0.4) is 0 Å². The Balaban J connectivity index is 2.51. The van der Waals surface area contributed by atoms with E-state index in [0.717, 1.165) is 11.3 Å². The Labute approximate surface area is 107 Å². The topological polar surface area (TPSA) is 38.3 Å². The molecule has 0 saturated heterocycles. The first kappa shape index (κ1) is 13.8. The number of nitrogens with one attached hydrogen (secondary N) is 1. The normalized spacial score (nSPS) is 11.9. The zero-order valence-electron chi connectivity index (χ0n) is 10.2. The van der Waals surface area contributed by atoms with Gasteiger partial charge in [0, 0.05) is 18.3 Å². The molecular formula is C13H18ClNO2. The molecule has 1 unspecified atom stereocenters. The Kier molecular flexibility index (Phi) is 5.84. The van der Waals surface area contributed by atoms with Crippen molar-refractivity contribution < 1.29 is 9.53 Å². The van der Waals surface area contributed by atoms with Gasteiger partial charge in [0.25, 0.3) is 0 Å². The fourth-order valence-electron chi connectivity index (χ4n) is 1.35. The summed E-state index contributed by atoms with van der Waals surface area (Å²) in [5.41, 5.74) is 1.02. The third kappa shape index (κ3) is 4.65. The number of ether oxygens (including phenoxy) is 1. The van der Waals surface area contributed by atoms with Gasteiger partial charge in [-0.25, -0.2) is 0 Å². The molecule has 0 saturated carbocycles. The van der Waals surface area contributed by atoms with Gasteiger partial charge in [-0.15, -0.1) is 11.6 Å². The molecule has 0 aliphatic heterocycles. The molecule has 1 amide bonds. The molecule has 0 aliphatic carbocycles. The molecule has 3 nitrogen and oxygen atoms in total. The zero-order valence-corrected chi connectivity index (χ0v) is 11.0. The summed E-state index contributed by atoms with van der Waals surface area (Å²) in [4.78, 5) is 11.5. The Morgan fingerprint density at radius 3 is 2.94 bits per heavy atom. The molecule has 0 aliphatic rings. The van der Waals surface area contributed by atoms with E-state index in [-0.39, 0.29) is 11.8 Å². The first-order chi connectivity index (χ1) is 8.17. The Morgan fingerprint density at radius 1 is 1.53 bits per heavy atom. The van der Waals surface area contributed by atoms with E-state index in [0.29, 0.717) is 19.0 Å². The summed E-state index contributed by atoms with van der Waals surface area (Å²) >= 11 is 5.61. The highest BCUT2D eigenvalue weighted by Crippen LogP contribution is 2.13. The minimum atomic E-state index is -0.160. The zero-order chi connectivity index (χ0) is 12.7. The Morgan fingerprint density at radius 2 is 2.29 bits per heavy atom. The average Bonchev–Trinajstić information content (AvgIpc) is 2.36. The fourth-order valence-corrected chi connectivity index (χ4v) is 1.49. The van der Waals surface area contributed by atoms with Crippen LogP contribution < -0.4 is 10.1 Å². The van der Waals surface area contributed by atoms with Crippen molar-refractivity contribution in [3.8, 4) is 5.75 Å². The molecule has 0 radical (unpaired) electrons. The van der Waals surface area contributed by atoms with Crippen LogP contribution in [0, 0.1) is 5.92 Å². The number of hydrogen-bond acceptors (Lipinski definition) is 2. The van der Waals surface area contributed by atoms with Crippen LogP contribution in [0.15, 0.2) is 24.3 Å². The molecule has 1 rings (SSSR count). The molecule has 4 heteroatoms. The van der Waals surface area contributed by atoms with E-state index in [9.17, 15) is 4.79 Å². The quantitative estimate of drug-likeness (QED) is 0.794. The van der Waals surface area contributed by atoms with E-state index in [4.69, 9.17) is 16.3 Å². The molecule has 0 aromatic heterocycles. The number of carbonyl (C=O) groups is 1. The maximum absolute atomic E-state index is 11.5. The minimum absolute atomic E-state index is 0.0261. The van der Waals surface area contributed by atoms with Gasteiger partial charge < -0.3 is 10.1 Å². The second-order valence-electron chi connectivity index (χ2n) is 3.85. The highest BCUT2D eigenvalue weighted by Gasteiger charge is 2.10. The summed E-state index contributed by atoms with van der Waals surface area (Å²) in [7, 11) is 0. The maximum atomic E-state index is 11.5. The van der Waals surface area contributed by atoms with Crippen molar-refractivity contribution >= 4 is 17.5 Å². The first-order valence-electron chi connectivity index (χ1n) is 5.72. The third-order valence-electron chi connectivity index (χ3n) is 2.36. The monoisotopic (exact) mass is 255 g/mol. The molecule has 0 heterocycles. The number of benzene rings is 1. The number of halogens is 1. The van der Waals surface area contributed by atoms with Crippen molar-refractivity contribution in [2.75, 3.05) is 12.5 Å². The number of amides is 1. The first-order valence-corrected chi connectivity index (χ1v) is 6.26. The van der Waals surface area contributed by atoms with Crippen LogP contribution in [-0.2, 0) is 11.3 Å². The molecule has 1 N–H and O–H groups in total. The smallest absolute Gasteiger partial charge is 0.224 e. The van der Waals surface area contributed by atoms with Crippen LogP contribution in [0.2, 0.25) is 0 Å². The van der Waals surface area contributed by atoms with Gasteiger partial charge in [-0.05, 0) is 24.6 Å². The van der Waals surface area contributed by atoms with Crippen molar-refractivity contribution in [1.82, 2.24) is 5.32 Å². The molecule has 0 bridgehead atoms. The average molecular weight is 256 g/mol. The molecule has 0 spiro atoms. The van der Waals surface area contributed by atoms with Crippen molar-refractivity contribution in [2.24, 2.45) is 5.92 Å². The van der Waals surface area contributed by atoms with Gasteiger partial charge in [0.15, 0.2) is 0 Å². The maximum Gasteiger partial charge on any atom is 0.224 e. The van der Waals surface area contributed by atoms with Crippen LogP contribution in [-0.4, -0.2) is 18.4 Å². The van der Waals surface area contributed by atoms with Gasteiger partial charge in [0.05, 0.1) is 6.61 Å². The molecule has 1 aromatic rings. The van der Waals surface area contributed by atoms with E-state index in [1.165, 1.54) is 0 Å². The Hall–Kier alpha value is -1.22. The predicted molar refractivity (Wildman–Crippen MR) is 69.3 cm³/mol. The summed E-state index contributed by atoms with van der Waals surface area (Å²) in [5, 5.41) is 2.84. The van der Waals surface area contributed by atoms with Crippen LogP contribution in [0.25, 0.3) is 0 Å². The second kappa shape index (κ2) is 7.17. The van der Waals surface area contributed by atoms with Crippen LogP contribution in [0.5, 0.6) is 5.75 Å². The van der Waals surface area contributed by atoms with Gasteiger partial charge in [-0.3, -0.25) is 4.79 Å². The summed E-state index contributed by atoms with van der Waals surface area (Å²) in [6.45, 7) is 4.88. The number of hydrogen-bond donors (Lipinski definition) is 1. The standard InChI is InChI=1S/C13H18ClNO2/c1-3-17-12-6-4-5-11(7-12)9-15-13(16)10(2)8-14/h4-7,10H,3,8-9H2,1-2H3,(H,15,16). The van der Waals surface area contributed by atoms with Crippen molar-refractivity contribution in [3.63, 3.8) is 0 Å². The molecule has 1 aromatic carbocycles. The largest absolute Gasteiger partial charge is 0.494 e.